The molecule has 2 rings (SSSR count). The molecule has 0 spiro atoms. The molecule has 19 heavy (non-hydrogen) atoms. The molecule has 1 saturated heterocycles. The van der Waals surface area contributed by atoms with Gasteiger partial charge in [-0.05, 0) is 30.9 Å². The van der Waals surface area contributed by atoms with Gasteiger partial charge in [0.1, 0.15) is 5.82 Å². The Kier molecular flexibility index (Phi) is 4.70. The van der Waals surface area contributed by atoms with Crippen LogP contribution < -0.4 is 11.3 Å². The largest absolute Gasteiger partial charge is 0.384 e. The molecule has 1 aliphatic rings. The van der Waals surface area contributed by atoms with Crippen LogP contribution in [0.25, 0.3) is 0 Å². The number of carbonyl (C=O) groups excluding carboxylic acids is 1. The van der Waals surface area contributed by atoms with Crippen molar-refractivity contribution in [3.05, 3.63) is 23.9 Å². The van der Waals surface area contributed by atoms with Crippen LogP contribution in [0.1, 0.15) is 23.2 Å². The lowest BCUT2D eigenvalue weighted by atomic mass is 9.97. The number of nitrogens with one attached hydrogen (secondary N) is 1. The molecule has 0 aliphatic carbocycles. The summed E-state index contributed by atoms with van der Waals surface area (Å²) in [6.45, 7) is 2.33. The number of likely N-dealkylation sites (tertiary alicyclic amines) is 1. The van der Waals surface area contributed by atoms with E-state index in [2.05, 4.69) is 10.4 Å². The number of amides is 1. The summed E-state index contributed by atoms with van der Waals surface area (Å²) in [4.78, 5) is 18.2. The molecule has 1 amide bonds. The summed E-state index contributed by atoms with van der Waals surface area (Å²) in [5.74, 6) is 6.40. The zero-order chi connectivity index (χ0) is 13.7. The molecule has 1 aromatic heterocycles. The normalized spacial score (nSPS) is 16.4. The molecule has 0 bridgehead atoms. The van der Waals surface area contributed by atoms with Crippen LogP contribution in [0.15, 0.2) is 18.3 Å². The zero-order valence-electron chi connectivity index (χ0n) is 11.1. The number of aromatic nitrogens is 1. The van der Waals surface area contributed by atoms with Gasteiger partial charge in [0.25, 0.3) is 5.91 Å². The highest BCUT2D eigenvalue weighted by Crippen LogP contribution is 2.19. The summed E-state index contributed by atoms with van der Waals surface area (Å²) < 4.78 is 5.16. The minimum Gasteiger partial charge on any atom is -0.384 e. The lowest BCUT2D eigenvalue weighted by molar-refractivity contribution is 0.0613. The van der Waals surface area contributed by atoms with E-state index >= 15 is 0 Å². The van der Waals surface area contributed by atoms with E-state index in [9.17, 15) is 4.79 Å². The number of hydrogen-bond donors (Lipinski definition) is 2. The number of rotatable bonds is 4. The van der Waals surface area contributed by atoms with Crippen molar-refractivity contribution in [1.82, 2.24) is 9.88 Å². The van der Waals surface area contributed by atoms with Crippen LogP contribution in [0, 0.1) is 5.92 Å². The number of nitrogen functional groups attached to an aromatic ring is 1. The minimum absolute atomic E-state index is 0.0368. The first kappa shape index (κ1) is 13.8. The van der Waals surface area contributed by atoms with E-state index in [1.807, 2.05) is 4.90 Å². The summed E-state index contributed by atoms with van der Waals surface area (Å²) in [5.41, 5.74) is 3.07. The second-order valence-corrected chi connectivity index (χ2v) is 4.77. The number of piperidine rings is 1. The van der Waals surface area contributed by atoms with E-state index in [0.717, 1.165) is 32.5 Å². The number of pyridine rings is 1. The topological polar surface area (TPSA) is 80.5 Å². The van der Waals surface area contributed by atoms with Crippen LogP contribution in [-0.2, 0) is 4.74 Å². The molecule has 2 heterocycles. The van der Waals surface area contributed by atoms with Crippen molar-refractivity contribution in [3.63, 3.8) is 0 Å². The van der Waals surface area contributed by atoms with Gasteiger partial charge in [-0.25, -0.2) is 10.8 Å². The van der Waals surface area contributed by atoms with Gasteiger partial charge in [-0.15, -0.1) is 0 Å². The highest BCUT2D eigenvalue weighted by molar-refractivity contribution is 5.94. The van der Waals surface area contributed by atoms with Crippen LogP contribution >= 0.6 is 0 Å². The average Bonchev–Trinajstić information content (AvgIpc) is 2.48. The maximum absolute atomic E-state index is 12.3. The van der Waals surface area contributed by atoms with E-state index in [0.29, 0.717) is 17.3 Å². The molecule has 6 heteroatoms. The van der Waals surface area contributed by atoms with E-state index < -0.39 is 0 Å². The molecule has 3 N–H and O–H groups in total. The number of nitrogens with zero attached hydrogens (tertiary/aromatic N) is 2. The number of carbonyl (C=O) groups is 1. The van der Waals surface area contributed by atoms with Crippen molar-refractivity contribution in [1.29, 1.82) is 0 Å². The first-order valence-electron chi connectivity index (χ1n) is 6.45. The van der Waals surface area contributed by atoms with Gasteiger partial charge in [0.05, 0.1) is 0 Å². The highest BCUT2D eigenvalue weighted by atomic mass is 16.5. The molecule has 6 nitrogen and oxygen atoms in total. The second kappa shape index (κ2) is 6.49. The Morgan fingerprint density at radius 3 is 2.95 bits per heavy atom. The maximum Gasteiger partial charge on any atom is 0.254 e. The predicted octanol–water partition coefficient (Wildman–Crippen LogP) is 0.866. The number of ether oxygens (including phenoxy) is 1. The average molecular weight is 264 g/mol. The lowest BCUT2D eigenvalue weighted by Gasteiger charge is -2.31. The van der Waals surface area contributed by atoms with Gasteiger partial charge in [-0.1, -0.05) is 0 Å². The fourth-order valence-electron chi connectivity index (χ4n) is 2.36. The van der Waals surface area contributed by atoms with Crippen molar-refractivity contribution in [3.8, 4) is 0 Å². The molecule has 1 aromatic rings. The van der Waals surface area contributed by atoms with E-state index in [-0.39, 0.29) is 5.91 Å². The van der Waals surface area contributed by atoms with Gasteiger partial charge in [0.15, 0.2) is 0 Å². The number of methoxy groups -OCH3 is 1. The van der Waals surface area contributed by atoms with Crippen LogP contribution in [0.4, 0.5) is 5.82 Å². The minimum atomic E-state index is 0.0368. The molecule has 0 atom stereocenters. The van der Waals surface area contributed by atoms with Crippen molar-refractivity contribution < 1.29 is 9.53 Å². The van der Waals surface area contributed by atoms with Gasteiger partial charge in [-0.2, -0.15) is 0 Å². The van der Waals surface area contributed by atoms with Gasteiger partial charge in [0.2, 0.25) is 0 Å². The molecule has 1 aliphatic heterocycles. The summed E-state index contributed by atoms with van der Waals surface area (Å²) in [7, 11) is 1.72. The Hall–Kier alpha value is -1.66. The fourth-order valence-corrected chi connectivity index (χ4v) is 2.36. The summed E-state index contributed by atoms with van der Waals surface area (Å²) in [6, 6.07) is 3.38. The van der Waals surface area contributed by atoms with Crippen LogP contribution in [0.2, 0.25) is 0 Å². The number of nitrogens with two attached hydrogens (primary N) is 1. The van der Waals surface area contributed by atoms with E-state index in [4.69, 9.17) is 10.6 Å². The molecule has 0 saturated carbocycles. The Morgan fingerprint density at radius 2 is 2.32 bits per heavy atom. The van der Waals surface area contributed by atoms with Crippen LogP contribution in [-0.4, -0.2) is 42.6 Å². The Bertz CT molecular complexity index is 430. The third-order valence-corrected chi connectivity index (χ3v) is 3.46. The highest BCUT2D eigenvalue weighted by Gasteiger charge is 2.23. The summed E-state index contributed by atoms with van der Waals surface area (Å²) in [5, 5.41) is 0. The lowest BCUT2D eigenvalue weighted by Crippen LogP contribution is -2.39. The monoisotopic (exact) mass is 264 g/mol. The molecule has 0 aromatic carbocycles. The maximum atomic E-state index is 12.3. The molecule has 0 unspecified atom stereocenters. The fraction of sp³-hybridized carbons (Fsp3) is 0.538. The van der Waals surface area contributed by atoms with Gasteiger partial charge in [0, 0.05) is 38.6 Å². The van der Waals surface area contributed by atoms with Gasteiger partial charge in [-0.3, -0.25) is 4.79 Å². The third kappa shape index (κ3) is 3.42. The number of anilines is 1. The smallest absolute Gasteiger partial charge is 0.254 e. The molecular formula is C13H20N4O2. The van der Waals surface area contributed by atoms with Gasteiger partial charge >= 0.3 is 0 Å². The molecular weight excluding hydrogens is 244 g/mol. The van der Waals surface area contributed by atoms with Crippen molar-refractivity contribution in [2.24, 2.45) is 11.8 Å². The SMILES string of the molecule is COCC1CCN(C(=O)c2ccnc(NN)c2)CC1. The Morgan fingerprint density at radius 1 is 1.58 bits per heavy atom. The predicted molar refractivity (Wildman–Crippen MR) is 72.6 cm³/mol. The van der Waals surface area contributed by atoms with E-state index in [1.54, 1.807) is 25.4 Å². The summed E-state index contributed by atoms with van der Waals surface area (Å²) >= 11 is 0. The van der Waals surface area contributed by atoms with Gasteiger partial charge < -0.3 is 15.1 Å². The van der Waals surface area contributed by atoms with Crippen LogP contribution in [0.5, 0.6) is 0 Å². The van der Waals surface area contributed by atoms with Crippen molar-refractivity contribution in [2.45, 2.75) is 12.8 Å². The van der Waals surface area contributed by atoms with Crippen molar-refractivity contribution in [2.75, 3.05) is 32.2 Å². The zero-order valence-corrected chi connectivity index (χ0v) is 11.1. The Labute approximate surface area is 112 Å². The third-order valence-electron chi connectivity index (χ3n) is 3.46. The molecule has 1 fully saturated rings. The second-order valence-electron chi connectivity index (χ2n) is 4.77. The van der Waals surface area contributed by atoms with E-state index in [1.165, 1.54) is 0 Å². The molecule has 0 radical (unpaired) electrons. The summed E-state index contributed by atoms with van der Waals surface area (Å²) in [6.07, 6.45) is 3.57. The standard InChI is InChI=1S/C13H20N4O2/c1-19-9-10-3-6-17(7-4-10)13(18)11-2-5-15-12(8-11)16-14/h2,5,8,10H,3-4,6-7,9,14H2,1H3,(H,15,16). The quantitative estimate of drug-likeness (QED) is 0.623. The first-order valence-corrected chi connectivity index (χ1v) is 6.45. The van der Waals surface area contributed by atoms with Crippen LogP contribution in [0.3, 0.4) is 0 Å². The number of hydrazine groups is 1. The first-order chi connectivity index (χ1) is 9.24. The van der Waals surface area contributed by atoms with Crippen molar-refractivity contribution >= 4 is 11.7 Å². The molecule has 104 valence electrons. The Balaban J connectivity index is 1.97. The number of hydrogen-bond acceptors (Lipinski definition) is 5.